The summed E-state index contributed by atoms with van der Waals surface area (Å²) in [5.74, 6) is 0.567. The number of hydrogen-bond donors (Lipinski definition) is 0. The molecule has 0 amide bonds. The molecule has 4 nitrogen and oxygen atoms in total. The molecule has 0 aliphatic carbocycles. The molecule has 0 spiro atoms. The van der Waals surface area contributed by atoms with Crippen LogP contribution in [0.4, 0.5) is 5.69 Å². The summed E-state index contributed by atoms with van der Waals surface area (Å²) >= 11 is 9.44. The van der Waals surface area contributed by atoms with Gasteiger partial charge in [-0.2, -0.15) is 0 Å². The normalized spacial score (nSPS) is 10.3. The Balaban J connectivity index is 2.37. The van der Waals surface area contributed by atoms with Crippen molar-refractivity contribution in [3.8, 4) is 11.5 Å². The minimum Gasteiger partial charge on any atom is -0.449 e. The van der Waals surface area contributed by atoms with Gasteiger partial charge in [0.1, 0.15) is 5.75 Å². The lowest BCUT2D eigenvalue weighted by Crippen LogP contribution is -1.94. The van der Waals surface area contributed by atoms with Crippen LogP contribution in [0.3, 0.4) is 0 Å². The zero-order chi connectivity index (χ0) is 14.7. The summed E-state index contributed by atoms with van der Waals surface area (Å²) < 4.78 is 5.57. The van der Waals surface area contributed by atoms with Gasteiger partial charge < -0.3 is 4.74 Å². The maximum absolute atomic E-state index is 11.0. The van der Waals surface area contributed by atoms with Gasteiger partial charge >= 0.3 is 5.69 Å². The van der Waals surface area contributed by atoms with Crippen molar-refractivity contribution in [2.75, 3.05) is 0 Å². The topological polar surface area (TPSA) is 52.4 Å². The first kappa shape index (κ1) is 14.8. The molecule has 0 unspecified atom stereocenters. The van der Waals surface area contributed by atoms with Gasteiger partial charge in [-0.1, -0.05) is 39.7 Å². The fraction of sp³-hybridized carbons (Fsp3) is 0.143. The van der Waals surface area contributed by atoms with Gasteiger partial charge in [-0.3, -0.25) is 10.1 Å². The van der Waals surface area contributed by atoms with Gasteiger partial charge in [0.15, 0.2) is 0 Å². The minimum absolute atomic E-state index is 0.0781. The molecule has 2 aromatic rings. The maximum Gasteiger partial charge on any atom is 0.311 e. The highest BCUT2D eigenvalue weighted by molar-refractivity contribution is 9.08. The molecule has 0 saturated heterocycles. The predicted molar refractivity (Wildman–Crippen MR) is 82.0 cm³/mol. The van der Waals surface area contributed by atoms with Gasteiger partial charge in [0.05, 0.1) is 9.95 Å². The number of benzene rings is 2. The molecule has 0 aromatic heterocycles. The van der Waals surface area contributed by atoms with E-state index in [4.69, 9.17) is 16.3 Å². The van der Waals surface area contributed by atoms with Crippen LogP contribution in [-0.2, 0) is 5.33 Å². The molecule has 6 heteroatoms. The summed E-state index contributed by atoms with van der Waals surface area (Å²) in [7, 11) is 0. The number of nitrogens with zero attached hydrogens (tertiary/aromatic N) is 1. The van der Waals surface area contributed by atoms with Gasteiger partial charge in [0.2, 0.25) is 5.75 Å². The molecule has 0 atom stereocenters. The number of nitro groups is 1. The fourth-order valence-electron chi connectivity index (χ4n) is 1.69. The summed E-state index contributed by atoms with van der Waals surface area (Å²) in [5, 5.41) is 12.1. The summed E-state index contributed by atoms with van der Waals surface area (Å²) in [6.07, 6.45) is 0. The van der Waals surface area contributed by atoms with Crippen LogP contribution < -0.4 is 4.74 Å². The number of halogens is 2. The third kappa shape index (κ3) is 3.29. The Bertz CT molecular complexity index is 661. The molecule has 2 rings (SSSR count). The first-order valence-electron chi connectivity index (χ1n) is 5.78. The van der Waals surface area contributed by atoms with Crippen LogP contribution in [-0.4, -0.2) is 4.92 Å². The molecule has 104 valence electrons. The molecule has 0 N–H and O–H groups in total. The molecule has 0 aliphatic heterocycles. The maximum atomic E-state index is 11.0. The monoisotopic (exact) mass is 355 g/mol. The van der Waals surface area contributed by atoms with Gasteiger partial charge in [-0.25, -0.2) is 0 Å². The first-order valence-corrected chi connectivity index (χ1v) is 7.28. The van der Waals surface area contributed by atoms with Crippen LogP contribution >= 0.6 is 27.5 Å². The second kappa shape index (κ2) is 6.24. The second-order valence-electron chi connectivity index (χ2n) is 4.23. The van der Waals surface area contributed by atoms with Gasteiger partial charge in [-0.05, 0) is 36.2 Å². The highest BCUT2D eigenvalue weighted by atomic mass is 79.9. The van der Waals surface area contributed by atoms with Crippen molar-refractivity contribution in [1.29, 1.82) is 0 Å². The minimum atomic E-state index is -0.469. The van der Waals surface area contributed by atoms with E-state index in [1.807, 2.05) is 6.07 Å². The third-order valence-electron chi connectivity index (χ3n) is 2.68. The van der Waals surface area contributed by atoms with Gasteiger partial charge in [0, 0.05) is 11.4 Å². The van der Waals surface area contributed by atoms with E-state index < -0.39 is 4.92 Å². The second-order valence-corrected chi connectivity index (χ2v) is 5.20. The summed E-state index contributed by atoms with van der Waals surface area (Å²) in [6, 6.07) is 10.1. The Morgan fingerprint density at radius 2 is 1.95 bits per heavy atom. The van der Waals surface area contributed by atoms with E-state index >= 15 is 0 Å². The van der Waals surface area contributed by atoms with Crippen LogP contribution in [0.15, 0.2) is 36.4 Å². The standard InChI is InChI=1S/C14H11BrClNO3/c1-9-2-4-14(12(6-9)17(18)19)20-13-5-3-10(8-15)7-11(13)16/h2-7H,8H2,1H3. The highest BCUT2D eigenvalue weighted by Gasteiger charge is 2.17. The van der Waals surface area contributed by atoms with E-state index in [2.05, 4.69) is 15.9 Å². The Kier molecular flexibility index (Phi) is 4.62. The Morgan fingerprint density at radius 3 is 2.55 bits per heavy atom. The van der Waals surface area contributed by atoms with E-state index in [9.17, 15) is 10.1 Å². The lowest BCUT2D eigenvalue weighted by Gasteiger charge is -2.09. The Labute approximate surface area is 129 Å². The van der Waals surface area contributed by atoms with E-state index in [0.29, 0.717) is 16.1 Å². The molecule has 0 radical (unpaired) electrons. The van der Waals surface area contributed by atoms with E-state index in [-0.39, 0.29) is 11.4 Å². The molecule has 20 heavy (non-hydrogen) atoms. The van der Waals surface area contributed by atoms with Crippen LogP contribution in [0.2, 0.25) is 5.02 Å². The van der Waals surface area contributed by atoms with Crippen molar-refractivity contribution in [2.24, 2.45) is 0 Å². The van der Waals surface area contributed by atoms with Crippen molar-refractivity contribution in [3.05, 3.63) is 62.7 Å². The van der Waals surface area contributed by atoms with Crippen molar-refractivity contribution < 1.29 is 9.66 Å². The molecule has 2 aromatic carbocycles. The van der Waals surface area contributed by atoms with Crippen LogP contribution in [0.25, 0.3) is 0 Å². The lowest BCUT2D eigenvalue weighted by atomic mass is 10.2. The molecule has 0 aliphatic rings. The van der Waals surface area contributed by atoms with Crippen LogP contribution in [0, 0.1) is 17.0 Å². The van der Waals surface area contributed by atoms with Crippen molar-refractivity contribution in [1.82, 2.24) is 0 Å². The molecular formula is C14H11BrClNO3. The number of rotatable bonds is 4. The highest BCUT2D eigenvalue weighted by Crippen LogP contribution is 2.35. The van der Waals surface area contributed by atoms with Crippen molar-refractivity contribution in [3.63, 3.8) is 0 Å². The van der Waals surface area contributed by atoms with Crippen LogP contribution in [0.5, 0.6) is 11.5 Å². The van der Waals surface area contributed by atoms with Gasteiger partial charge in [-0.15, -0.1) is 0 Å². The summed E-state index contributed by atoms with van der Waals surface area (Å²) in [5.41, 5.74) is 1.72. The average Bonchev–Trinajstić information content (AvgIpc) is 2.42. The molecule has 0 fully saturated rings. The van der Waals surface area contributed by atoms with E-state index in [1.54, 1.807) is 31.2 Å². The molecular weight excluding hydrogens is 346 g/mol. The fourth-order valence-corrected chi connectivity index (χ4v) is 2.28. The molecule has 0 heterocycles. The van der Waals surface area contributed by atoms with Crippen molar-refractivity contribution in [2.45, 2.75) is 12.3 Å². The van der Waals surface area contributed by atoms with E-state index in [0.717, 1.165) is 11.1 Å². The smallest absolute Gasteiger partial charge is 0.311 e. The largest absolute Gasteiger partial charge is 0.449 e. The number of hydrogen-bond acceptors (Lipinski definition) is 3. The van der Waals surface area contributed by atoms with E-state index in [1.165, 1.54) is 6.07 Å². The lowest BCUT2D eigenvalue weighted by molar-refractivity contribution is -0.385. The Morgan fingerprint density at radius 1 is 1.25 bits per heavy atom. The quantitative estimate of drug-likeness (QED) is 0.427. The number of alkyl halides is 1. The number of ether oxygens (including phenoxy) is 1. The van der Waals surface area contributed by atoms with Crippen LogP contribution in [0.1, 0.15) is 11.1 Å². The molecule has 0 saturated carbocycles. The number of aryl methyl sites for hydroxylation is 1. The average molecular weight is 357 g/mol. The SMILES string of the molecule is Cc1ccc(Oc2ccc(CBr)cc2Cl)c([N+](=O)[O-])c1. The summed E-state index contributed by atoms with van der Waals surface area (Å²) in [6.45, 7) is 1.79. The number of nitro benzene ring substituents is 1. The van der Waals surface area contributed by atoms with Crippen molar-refractivity contribution >= 4 is 33.2 Å². The zero-order valence-electron chi connectivity index (χ0n) is 10.6. The Hall–Kier alpha value is -1.59. The predicted octanol–water partition coefficient (Wildman–Crippen LogP) is 5.24. The first-order chi connectivity index (χ1) is 9.51. The van der Waals surface area contributed by atoms with Gasteiger partial charge in [0.25, 0.3) is 0 Å². The zero-order valence-corrected chi connectivity index (χ0v) is 12.9. The summed E-state index contributed by atoms with van der Waals surface area (Å²) in [4.78, 5) is 10.6. The molecule has 0 bridgehead atoms. The third-order valence-corrected chi connectivity index (χ3v) is 3.62.